The van der Waals surface area contributed by atoms with Crippen LogP contribution < -0.4 is 11.1 Å². The third kappa shape index (κ3) is 4.47. The molecule has 1 aliphatic carbocycles. The van der Waals surface area contributed by atoms with Crippen LogP contribution in [-0.4, -0.2) is 29.2 Å². The van der Waals surface area contributed by atoms with Gasteiger partial charge in [-0.25, -0.2) is 0 Å². The number of amides is 1. The van der Waals surface area contributed by atoms with Gasteiger partial charge in [0.15, 0.2) is 0 Å². The summed E-state index contributed by atoms with van der Waals surface area (Å²) in [6.45, 7) is 2.29. The molecular weight excluding hydrogens is 276 g/mol. The summed E-state index contributed by atoms with van der Waals surface area (Å²) in [5.41, 5.74) is 6.35. The summed E-state index contributed by atoms with van der Waals surface area (Å²) in [5.74, 6) is 0.0477. The molecule has 0 bridgehead atoms. The minimum Gasteiger partial charge on any atom is -0.393 e. The lowest BCUT2D eigenvalue weighted by molar-refractivity contribution is -0.123. The lowest BCUT2D eigenvalue weighted by Gasteiger charge is -2.20. The average Bonchev–Trinajstić information content (AvgIpc) is 3.14. The Balaban J connectivity index is 0.00000200. The number of nitrogens with one attached hydrogen (secondary N) is 1. The predicted octanol–water partition coefficient (Wildman–Crippen LogP) is 1.57. The van der Waals surface area contributed by atoms with Gasteiger partial charge in [-0.05, 0) is 31.7 Å². The van der Waals surface area contributed by atoms with Crippen molar-refractivity contribution >= 4 is 18.3 Å². The molecule has 1 fully saturated rings. The van der Waals surface area contributed by atoms with Gasteiger partial charge in [-0.3, -0.25) is 4.79 Å². The van der Waals surface area contributed by atoms with E-state index >= 15 is 0 Å². The van der Waals surface area contributed by atoms with Gasteiger partial charge in [-0.2, -0.15) is 0 Å². The van der Waals surface area contributed by atoms with Gasteiger partial charge in [0, 0.05) is 12.5 Å². The molecule has 1 aliphatic rings. The quantitative estimate of drug-likeness (QED) is 0.746. The number of hydrogen-bond acceptors (Lipinski definition) is 3. The summed E-state index contributed by atoms with van der Waals surface area (Å²) >= 11 is 0. The molecule has 1 saturated carbocycles. The zero-order chi connectivity index (χ0) is 13.9. The molecule has 0 aliphatic heterocycles. The van der Waals surface area contributed by atoms with Crippen molar-refractivity contribution in [3.63, 3.8) is 0 Å². The van der Waals surface area contributed by atoms with Gasteiger partial charge in [0.2, 0.25) is 5.91 Å². The van der Waals surface area contributed by atoms with Crippen LogP contribution in [0, 0.1) is 0 Å². The first-order valence-corrected chi connectivity index (χ1v) is 6.81. The Morgan fingerprint density at radius 3 is 2.50 bits per heavy atom. The van der Waals surface area contributed by atoms with Gasteiger partial charge in [-0.1, -0.05) is 30.3 Å². The lowest BCUT2D eigenvalue weighted by Crippen LogP contribution is -2.44. The first-order chi connectivity index (χ1) is 9.01. The van der Waals surface area contributed by atoms with Gasteiger partial charge in [0.25, 0.3) is 0 Å². The molecule has 0 spiro atoms. The summed E-state index contributed by atoms with van der Waals surface area (Å²) in [4.78, 5) is 11.9. The molecule has 0 heterocycles. The van der Waals surface area contributed by atoms with Gasteiger partial charge in [0.1, 0.15) is 0 Å². The minimum atomic E-state index is -0.633. The highest BCUT2D eigenvalue weighted by Crippen LogP contribution is 2.32. The van der Waals surface area contributed by atoms with E-state index in [9.17, 15) is 9.90 Å². The summed E-state index contributed by atoms with van der Waals surface area (Å²) in [5, 5.41) is 12.5. The molecule has 20 heavy (non-hydrogen) atoms. The maximum Gasteiger partial charge on any atom is 0.240 e. The Bertz CT molecular complexity index is 433. The molecule has 1 aromatic carbocycles. The fraction of sp³-hybridized carbons (Fsp3) is 0.533. The van der Waals surface area contributed by atoms with E-state index in [4.69, 9.17) is 5.73 Å². The van der Waals surface area contributed by atoms with Crippen molar-refractivity contribution in [1.82, 2.24) is 5.32 Å². The molecule has 0 radical (unpaired) electrons. The van der Waals surface area contributed by atoms with E-state index in [0.29, 0.717) is 13.0 Å². The molecule has 2 rings (SSSR count). The fourth-order valence-electron chi connectivity index (χ4n) is 2.23. The molecule has 1 aromatic rings. The van der Waals surface area contributed by atoms with Gasteiger partial charge in [-0.15, -0.1) is 12.4 Å². The summed E-state index contributed by atoms with van der Waals surface area (Å²) in [7, 11) is 0. The van der Waals surface area contributed by atoms with Crippen LogP contribution in [0.5, 0.6) is 0 Å². The lowest BCUT2D eigenvalue weighted by atomic mass is 9.93. The maximum atomic E-state index is 11.9. The van der Waals surface area contributed by atoms with Crippen molar-refractivity contribution in [2.75, 3.05) is 6.54 Å². The van der Waals surface area contributed by atoms with Crippen molar-refractivity contribution in [3.8, 4) is 0 Å². The van der Waals surface area contributed by atoms with Gasteiger partial charge >= 0.3 is 0 Å². The number of rotatable bonds is 6. The fourth-order valence-corrected chi connectivity index (χ4v) is 2.23. The number of hydrogen-bond donors (Lipinski definition) is 3. The Hall–Kier alpha value is -1.10. The Morgan fingerprint density at radius 1 is 1.40 bits per heavy atom. The van der Waals surface area contributed by atoms with Crippen LogP contribution in [0.1, 0.15) is 37.7 Å². The number of benzene rings is 1. The van der Waals surface area contributed by atoms with Crippen molar-refractivity contribution in [1.29, 1.82) is 0 Å². The Kier molecular flexibility index (Phi) is 5.99. The molecular formula is C15H23ClN2O2. The molecule has 1 amide bonds. The molecule has 4 N–H and O–H groups in total. The summed E-state index contributed by atoms with van der Waals surface area (Å²) < 4.78 is 0. The first-order valence-electron chi connectivity index (χ1n) is 6.81. The second-order valence-electron chi connectivity index (χ2n) is 5.56. The number of nitrogens with two attached hydrogens (primary N) is 1. The zero-order valence-electron chi connectivity index (χ0n) is 11.7. The van der Waals surface area contributed by atoms with Crippen LogP contribution in [0.15, 0.2) is 30.3 Å². The zero-order valence-corrected chi connectivity index (χ0v) is 12.5. The third-order valence-corrected chi connectivity index (χ3v) is 3.65. The standard InChI is InChI=1S/C15H22N2O2.ClH/c1-11(18)9-13(12-5-3-2-4-6-12)10-17-14(19)15(16)7-8-15;/h2-6,11,13,18H,7-10,16H2,1H3,(H,17,19);1H. The number of carbonyl (C=O) groups excluding carboxylic acids is 1. The molecule has 4 nitrogen and oxygen atoms in total. The highest BCUT2D eigenvalue weighted by Gasteiger charge is 2.45. The molecule has 5 heteroatoms. The van der Waals surface area contributed by atoms with E-state index in [1.807, 2.05) is 30.3 Å². The summed E-state index contributed by atoms with van der Waals surface area (Å²) in [6.07, 6.45) is 1.77. The van der Waals surface area contributed by atoms with Crippen LogP contribution in [0.4, 0.5) is 0 Å². The highest BCUT2D eigenvalue weighted by atomic mass is 35.5. The van der Waals surface area contributed by atoms with Crippen LogP contribution in [0.25, 0.3) is 0 Å². The van der Waals surface area contributed by atoms with Crippen LogP contribution in [0.2, 0.25) is 0 Å². The third-order valence-electron chi connectivity index (χ3n) is 3.65. The number of halogens is 1. The van der Waals surface area contributed by atoms with E-state index in [1.165, 1.54) is 0 Å². The van der Waals surface area contributed by atoms with E-state index in [1.54, 1.807) is 6.92 Å². The topological polar surface area (TPSA) is 75.3 Å². The van der Waals surface area contributed by atoms with E-state index in [-0.39, 0.29) is 24.2 Å². The number of aliphatic hydroxyl groups excluding tert-OH is 1. The first kappa shape index (κ1) is 17.0. The second-order valence-corrected chi connectivity index (χ2v) is 5.56. The minimum absolute atomic E-state index is 0. The molecule has 0 saturated heterocycles. The monoisotopic (exact) mass is 298 g/mol. The summed E-state index contributed by atoms with van der Waals surface area (Å²) in [6, 6.07) is 9.94. The van der Waals surface area contributed by atoms with E-state index in [2.05, 4.69) is 5.32 Å². The Morgan fingerprint density at radius 2 is 2.00 bits per heavy atom. The molecule has 2 atom stereocenters. The van der Waals surface area contributed by atoms with Crippen molar-refractivity contribution in [2.24, 2.45) is 5.73 Å². The predicted molar refractivity (Wildman–Crippen MR) is 81.9 cm³/mol. The average molecular weight is 299 g/mol. The molecule has 112 valence electrons. The molecule has 0 aromatic heterocycles. The van der Waals surface area contributed by atoms with Crippen LogP contribution >= 0.6 is 12.4 Å². The SMILES string of the molecule is CC(O)CC(CNC(=O)C1(N)CC1)c1ccccc1.Cl. The normalized spacial score (nSPS) is 18.6. The van der Waals surface area contributed by atoms with E-state index in [0.717, 1.165) is 18.4 Å². The molecule has 2 unspecified atom stereocenters. The smallest absolute Gasteiger partial charge is 0.240 e. The van der Waals surface area contributed by atoms with Crippen LogP contribution in [-0.2, 0) is 4.79 Å². The number of aliphatic hydroxyl groups is 1. The Labute approximate surface area is 126 Å². The van der Waals surface area contributed by atoms with Gasteiger partial charge < -0.3 is 16.2 Å². The van der Waals surface area contributed by atoms with Crippen molar-refractivity contribution in [2.45, 2.75) is 43.7 Å². The highest BCUT2D eigenvalue weighted by molar-refractivity contribution is 5.89. The largest absolute Gasteiger partial charge is 0.393 e. The van der Waals surface area contributed by atoms with Crippen molar-refractivity contribution < 1.29 is 9.90 Å². The van der Waals surface area contributed by atoms with Crippen molar-refractivity contribution in [3.05, 3.63) is 35.9 Å². The number of carbonyl (C=O) groups is 1. The van der Waals surface area contributed by atoms with E-state index < -0.39 is 11.6 Å². The second kappa shape index (κ2) is 7.07. The van der Waals surface area contributed by atoms with Crippen LogP contribution in [0.3, 0.4) is 0 Å². The maximum absolute atomic E-state index is 11.9. The van der Waals surface area contributed by atoms with Gasteiger partial charge in [0.05, 0.1) is 11.6 Å².